The summed E-state index contributed by atoms with van der Waals surface area (Å²) in [6, 6.07) is 15.4. The van der Waals surface area contributed by atoms with Gasteiger partial charge in [-0.3, -0.25) is 4.79 Å². The maximum Gasteiger partial charge on any atom is 0.261 e. The summed E-state index contributed by atoms with van der Waals surface area (Å²) in [4.78, 5) is 12.3. The average Bonchev–Trinajstić information content (AvgIpc) is 2.60. The summed E-state index contributed by atoms with van der Waals surface area (Å²) in [6.07, 6.45) is 0.124. The quantitative estimate of drug-likeness (QED) is 0.801. The molecule has 0 fully saturated rings. The van der Waals surface area contributed by atoms with E-state index in [-0.39, 0.29) is 5.91 Å². The largest absolute Gasteiger partial charge is 0.494 e. The molecule has 0 saturated carbocycles. The van der Waals surface area contributed by atoms with Gasteiger partial charge in [-0.1, -0.05) is 36.8 Å². The number of benzene rings is 2. The number of nitrogens with one attached hydrogen (secondary N) is 1. The van der Waals surface area contributed by atoms with E-state index in [1.165, 1.54) is 0 Å². The van der Waals surface area contributed by atoms with Crippen LogP contribution in [-0.4, -0.2) is 18.6 Å². The molecule has 1 atom stereocenters. The van der Waals surface area contributed by atoms with Gasteiger partial charge in [0.15, 0.2) is 6.10 Å². The number of hydrogen-bond acceptors (Lipinski definition) is 3. The Morgan fingerprint density at radius 1 is 1.00 bits per heavy atom. The van der Waals surface area contributed by atoms with Gasteiger partial charge in [0, 0.05) is 6.54 Å². The molecular weight excluding hydrogens is 302 g/mol. The number of carbonyl (C=O) groups excluding carboxylic acids is 1. The minimum absolute atomic E-state index is 0.105. The molecular formula is C20H25NO3. The van der Waals surface area contributed by atoms with E-state index in [0.29, 0.717) is 25.3 Å². The van der Waals surface area contributed by atoms with Crippen molar-refractivity contribution in [3.8, 4) is 11.5 Å². The number of aryl methyl sites for hydroxylation is 1. The normalized spacial score (nSPS) is 11.6. The number of ether oxygens (including phenoxy) is 2. The van der Waals surface area contributed by atoms with Crippen LogP contribution in [0, 0.1) is 6.92 Å². The van der Waals surface area contributed by atoms with Gasteiger partial charge in [-0.2, -0.15) is 0 Å². The van der Waals surface area contributed by atoms with Crippen LogP contribution in [0.15, 0.2) is 48.5 Å². The van der Waals surface area contributed by atoms with Crippen molar-refractivity contribution < 1.29 is 14.3 Å². The Morgan fingerprint density at radius 2 is 1.62 bits per heavy atom. The fourth-order valence-electron chi connectivity index (χ4n) is 2.28. The van der Waals surface area contributed by atoms with E-state index < -0.39 is 6.10 Å². The Kier molecular flexibility index (Phi) is 6.67. The zero-order valence-electron chi connectivity index (χ0n) is 14.5. The maximum atomic E-state index is 12.3. The van der Waals surface area contributed by atoms with Gasteiger partial charge in [-0.25, -0.2) is 0 Å². The van der Waals surface area contributed by atoms with Crippen LogP contribution < -0.4 is 14.8 Å². The van der Waals surface area contributed by atoms with Crippen LogP contribution in [-0.2, 0) is 11.3 Å². The summed E-state index contributed by atoms with van der Waals surface area (Å²) >= 11 is 0. The van der Waals surface area contributed by atoms with E-state index in [1.54, 1.807) is 0 Å². The van der Waals surface area contributed by atoms with Gasteiger partial charge in [-0.05, 0) is 50.1 Å². The maximum absolute atomic E-state index is 12.3. The highest BCUT2D eigenvalue weighted by Gasteiger charge is 2.17. The Balaban J connectivity index is 1.88. The Hall–Kier alpha value is -2.49. The third-order valence-corrected chi connectivity index (χ3v) is 3.66. The SMILES string of the molecule is CCOc1ccc(CNC(=O)[C@@H](CC)Oc2ccc(C)cc2)cc1. The Labute approximate surface area is 143 Å². The molecule has 4 nitrogen and oxygen atoms in total. The molecule has 0 bridgehead atoms. The lowest BCUT2D eigenvalue weighted by atomic mass is 10.2. The molecule has 2 rings (SSSR count). The predicted molar refractivity (Wildman–Crippen MR) is 95.3 cm³/mol. The van der Waals surface area contributed by atoms with Crippen molar-refractivity contribution in [2.45, 2.75) is 39.8 Å². The summed E-state index contributed by atoms with van der Waals surface area (Å²) in [5.41, 5.74) is 2.19. The number of carbonyl (C=O) groups is 1. The second kappa shape index (κ2) is 8.96. The first kappa shape index (κ1) is 17.9. The van der Waals surface area contributed by atoms with E-state index >= 15 is 0 Å². The zero-order valence-corrected chi connectivity index (χ0v) is 14.5. The Morgan fingerprint density at radius 3 is 2.21 bits per heavy atom. The van der Waals surface area contributed by atoms with Gasteiger partial charge in [0.25, 0.3) is 5.91 Å². The van der Waals surface area contributed by atoms with Gasteiger partial charge in [0.1, 0.15) is 11.5 Å². The van der Waals surface area contributed by atoms with Crippen molar-refractivity contribution in [2.24, 2.45) is 0 Å². The minimum atomic E-state index is -0.490. The smallest absolute Gasteiger partial charge is 0.261 e. The molecule has 0 aliphatic rings. The molecule has 0 aliphatic carbocycles. The molecule has 0 heterocycles. The molecule has 2 aromatic carbocycles. The molecule has 0 unspecified atom stereocenters. The minimum Gasteiger partial charge on any atom is -0.494 e. The zero-order chi connectivity index (χ0) is 17.4. The first-order valence-electron chi connectivity index (χ1n) is 8.35. The predicted octanol–water partition coefficient (Wildman–Crippen LogP) is 3.87. The van der Waals surface area contributed by atoms with Crippen molar-refractivity contribution >= 4 is 5.91 Å². The molecule has 1 N–H and O–H groups in total. The fourth-order valence-corrected chi connectivity index (χ4v) is 2.28. The molecule has 0 saturated heterocycles. The monoisotopic (exact) mass is 327 g/mol. The van der Waals surface area contributed by atoms with Crippen LogP contribution >= 0.6 is 0 Å². The summed E-state index contributed by atoms with van der Waals surface area (Å²) in [5.74, 6) is 1.44. The van der Waals surface area contributed by atoms with Crippen LogP contribution in [0.5, 0.6) is 11.5 Å². The fraction of sp³-hybridized carbons (Fsp3) is 0.350. The number of rotatable bonds is 8. The first-order valence-corrected chi connectivity index (χ1v) is 8.35. The molecule has 128 valence electrons. The van der Waals surface area contributed by atoms with Crippen molar-refractivity contribution in [2.75, 3.05) is 6.61 Å². The van der Waals surface area contributed by atoms with Crippen LogP contribution in [0.25, 0.3) is 0 Å². The second-order valence-corrected chi connectivity index (χ2v) is 5.62. The number of amides is 1. The molecule has 1 amide bonds. The molecule has 0 radical (unpaired) electrons. The van der Waals surface area contributed by atoms with Gasteiger partial charge in [0.05, 0.1) is 6.61 Å². The van der Waals surface area contributed by atoms with Gasteiger partial charge in [0.2, 0.25) is 0 Å². The first-order chi connectivity index (χ1) is 11.6. The lowest BCUT2D eigenvalue weighted by Crippen LogP contribution is -2.37. The van der Waals surface area contributed by atoms with Crippen molar-refractivity contribution in [1.82, 2.24) is 5.32 Å². The lowest BCUT2D eigenvalue weighted by molar-refractivity contribution is -0.128. The third kappa shape index (κ3) is 5.30. The molecule has 0 spiro atoms. The van der Waals surface area contributed by atoms with E-state index in [4.69, 9.17) is 9.47 Å². The molecule has 0 aromatic heterocycles. The van der Waals surface area contributed by atoms with Crippen molar-refractivity contribution in [3.05, 3.63) is 59.7 Å². The van der Waals surface area contributed by atoms with Gasteiger partial charge in [-0.15, -0.1) is 0 Å². The van der Waals surface area contributed by atoms with E-state index in [2.05, 4.69) is 5.32 Å². The topological polar surface area (TPSA) is 47.6 Å². The van der Waals surface area contributed by atoms with E-state index in [9.17, 15) is 4.79 Å². The average molecular weight is 327 g/mol. The standard InChI is InChI=1S/C20H25NO3/c1-4-19(24-18-10-6-15(3)7-11-18)20(22)21-14-16-8-12-17(13-9-16)23-5-2/h6-13,19H,4-5,14H2,1-3H3,(H,21,22)/t19-/m1/s1. The highest BCUT2D eigenvalue weighted by Crippen LogP contribution is 2.15. The highest BCUT2D eigenvalue weighted by atomic mass is 16.5. The number of hydrogen-bond donors (Lipinski definition) is 1. The Bertz CT molecular complexity index is 635. The molecule has 24 heavy (non-hydrogen) atoms. The van der Waals surface area contributed by atoms with E-state index in [1.807, 2.05) is 69.3 Å². The lowest BCUT2D eigenvalue weighted by Gasteiger charge is -2.17. The van der Waals surface area contributed by atoms with Gasteiger partial charge >= 0.3 is 0 Å². The molecule has 0 aliphatic heterocycles. The van der Waals surface area contributed by atoms with E-state index in [0.717, 1.165) is 16.9 Å². The van der Waals surface area contributed by atoms with Gasteiger partial charge < -0.3 is 14.8 Å². The third-order valence-electron chi connectivity index (χ3n) is 3.66. The summed E-state index contributed by atoms with van der Waals surface area (Å²) in [6.45, 7) is 7.02. The van der Waals surface area contributed by atoms with Crippen LogP contribution in [0.2, 0.25) is 0 Å². The van der Waals surface area contributed by atoms with Crippen molar-refractivity contribution in [3.63, 3.8) is 0 Å². The van der Waals surface area contributed by atoms with Crippen LogP contribution in [0.4, 0.5) is 0 Å². The summed E-state index contributed by atoms with van der Waals surface area (Å²) in [7, 11) is 0. The molecule has 4 heteroatoms. The summed E-state index contributed by atoms with van der Waals surface area (Å²) < 4.78 is 11.2. The second-order valence-electron chi connectivity index (χ2n) is 5.62. The highest BCUT2D eigenvalue weighted by molar-refractivity contribution is 5.81. The molecule has 2 aromatic rings. The van der Waals surface area contributed by atoms with Crippen LogP contribution in [0.1, 0.15) is 31.4 Å². The van der Waals surface area contributed by atoms with Crippen molar-refractivity contribution in [1.29, 1.82) is 0 Å². The summed E-state index contributed by atoms with van der Waals surface area (Å²) in [5, 5.41) is 2.93. The van der Waals surface area contributed by atoms with Crippen LogP contribution in [0.3, 0.4) is 0 Å².